The van der Waals surface area contributed by atoms with Crippen molar-refractivity contribution >= 4 is 40.7 Å². The Morgan fingerprint density at radius 3 is 2.50 bits per heavy atom. The second-order valence-electron chi connectivity index (χ2n) is 4.57. The van der Waals surface area contributed by atoms with Gasteiger partial charge in [-0.25, -0.2) is 4.79 Å². The Labute approximate surface area is 147 Å². The molecule has 0 bridgehead atoms. The molecule has 1 aromatic rings. The minimum atomic E-state index is -1.12. The summed E-state index contributed by atoms with van der Waals surface area (Å²) in [6.45, 7) is 2.77. The van der Waals surface area contributed by atoms with E-state index in [9.17, 15) is 24.5 Å². The van der Waals surface area contributed by atoms with Gasteiger partial charge < -0.3 is 10.1 Å². The van der Waals surface area contributed by atoms with E-state index in [-0.39, 0.29) is 23.7 Å². The van der Waals surface area contributed by atoms with Crippen LogP contribution < -0.4 is 16.1 Å². The Bertz CT molecular complexity index is 813. The number of carbonyl (C=O) groups excluding carboxylic acids is 3. The van der Waals surface area contributed by atoms with E-state index in [1.165, 1.54) is 26.0 Å². The van der Waals surface area contributed by atoms with Gasteiger partial charge in [0.2, 0.25) is 11.6 Å². The maximum Gasteiger partial charge on any atom is 0.414 e. The van der Waals surface area contributed by atoms with Gasteiger partial charge in [-0.2, -0.15) is 10.4 Å². The SMILES string of the molecule is CCOC(=O)NC(=O)/C(C#N)=N\Nc1cc(NC(C)=O)cc([N+](=O)[O-])c1. The molecule has 0 saturated carbocycles. The average molecular weight is 362 g/mol. The predicted molar refractivity (Wildman–Crippen MR) is 89.2 cm³/mol. The fourth-order valence-electron chi connectivity index (χ4n) is 1.62. The molecule has 0 aliphatic heterocycles. The average Bonchev–Trinajstić information content (AvgIpc) is 2.54. The van der Waals surface area contributed by atoms with Crippen LogP contribution in [0.4, 0.5) is 21.9 Å². The molecule has 0 spiro atoms. The lowest BCUT2D eigenvalue weighted by molar-refractivity contribution is -0.384. The first kappa shape index (κ1) is 20.0. The van der Waals surface area contributed by atoms with Crippen molar-refractivity contribution in [2.24, 2.45) is 5.10 Å². The highest BCUT2D eigenvalue weighted by Gasteiger charge is 2.16. The molecule has 0 aliphatic carbocycles. The summed E-state index contributed by atoms with van der Waals surface area (Å²) < 4.78 is 4.49. The van der Waals surface area contributed by atoms with Gasteiger partial charge in [0.25, 0.3) is 11.6 Å². The molecule has 3 amide bonds. The topological polar surface area (TPSA) is 176 Å². The fourth-order valence-corrected chi connectivity index (χ4v) is 1.62. The van der Waals surface area contributed by atoms with E-state index in [0.717, 1.165) is 12.1 Å². The maximum atomic E-state index is 11.7. The molecule has 0 aliphatic rings. The van der Waals surface area contributed by atoms with E-state index in [0.29, 0.717) is 0 Å². The van der Waals surface area contributed by atoms with E-state index < -0.39 is 28.5 Å². The number of nitro groups is 1. The Kier molecular flexibility index (Phi) is 7.19. The largest absolute Gasteiger partial charge is 0.450 e. The Hall–Kier alpha value is -4.01. The molecule has 12 heteroatoms. The summed E-state index contributed by atoms with van der Waals surface area (Å²) in [5.74, 6) is -1.57. The van der Waals surface area contributed by atoms with Gasteiger partial charge >= 0.3 is 6.09 Å². The number of hydrogen-bond donors (Lipinski definition) is 3. The maximum absolute atomic E-state index is 11.7. The quantitative estimate of drug-likeness (QED) is 0.383. The zero-order chi connectivity index (χ0) is 19.7. The van der Waals surface area contributed by atoms with E-state index in [4.69, 9.17) is 5.26 Å². The first-order valence-electron chi connectivity index (χ1n) is 7.05. The monoisotopic (exact) mass is 362 g/mol. The number of alkyl carbamates (subject to hydrolysis) is 1. The standard InChI is InChI=1S/C14H14N6O6/c1-3-26-14(23)17-13(22)12(7-15)19-18-10-4-9(16-8(2)21)5-11(6-10)20(24)25/h4-6,18H,3H2,1-2H3,(H,16,21)(H,17,22,23)/b19-12-. The summed E-state index contributed by atoms with van der Waals surface area (Å²) >= 11 is 0. The second kappa shape index (κ2) is 9.33. The molecule has 3 N–H and O–H groups in total. The van der Waals surface area contributed by atoms with Crippen LogP contribution >= 0.6 is 0 Å². The molecular formula is C14H14N6O6. The smallest absolute Gasteiger partial charge is 0.414 e. The van der Waals surface area contributed by atoms with Crippen molar-refractivity contribution in [1.82, 2.24) is 5.32 Å². The van der Waals surface area contributed by atoms with Crippen LogP contribution in [0.2, 0.25) is 0 Å². The highest BCUT2D eigenvalue weighted by Crippen LogP contribution is 2.24. The molecule has 0 fully saturated rings. The Balaban J connectivity index is 3.02. The molecule has 12 nitrogen and oxygen atoms in total. The lowest BCUT2D eigenvalue weighted by Gasteiger charge is -2.06. The predicted octanol–water partition coefficient (Wildman–Crippen LogP) is 1.12. The number of carbonyl (C=O) groups is 3. The Morgan fingerprint density at radius 2 is 1.96 bits per heavy atom. The number of imide groups is 1. The van der Waals surface area contributed by atoms with Crippen molar-refractivity contribution < 1.29 is 24.0 Å². The lowest BCUT2D eigenvalue weighted by Crippen LogP contribution is -2.36. The molecule has 136 valence electrons. The number of nitrogens with zero attached hydrogens (tertiary/aromatic N) is 3. The molecule has 0 heterocycles. The van der Waals surface area contributed by atoms with Crippen LogP contribution in [-0.2, 0) is 14.3 Å². The van der Waals surface area contributed by atoms with Gasteiger partial charge in [0.05, 0.1) is 17.2 Å². The zero-order valence-electron chi connectivity index (χ0n) is 13.7. The van der Waals surface area contributed by atoms with Gasteiger partial charge in [-0.3, -0.25) is 30.4 Å². The third-order valence-corrected chi connectivity index (χ3v) is 2.56. The van der Waals surface area contributed by atoms with Crippen LogP contribution in [-0.4, -0.2) is 35.1 Å². The summed E-state index contributed by atoms with van der Waals surface area (Å²) in [6.07, 6.45) is -1.05. The summed E-state index contributed by atoms with van der Waals surface area (Å²) in [6, 6.07) is 4.97. The molecule has 0 radical (unpaired) electrons. The number of non-ortho nitro benzene ring substituents is 1. The summed E-state index contributed by atoms with van der Waals surface area (Å²) in [5.41, 5.74) is 1.35. The number of nitrogens with one attached hydrogen (secondary N) is 3. The number of hydrogen-bond acceptors (Lipinski definition) is 9. The summed E-state index contributed by atoms with van der Waals surface area (Å²) in [4.78, 5) is 44.2. The number of benzene rings is 1. The first-order chi connectivity index (χ1) is 12.3. The van der Waals surface area contributed by atoms with Crippen LogP contribution in [0, 0.1) is 21.4 Å². The van der Waals surface area contributed by atoms with Crippen molar-refractivity contribution in [1.29, 1.82) is 5.26 Å². The normalized spacial score (nSPS) is 10.3. The number of anilines is 2. The summed E-state index contributed by atoms with van der Waals surface area (Å²) in [7, 11) is 0. The Morgan fingerprint density at radius 1 is 1.31 bits per heavy atom. The number of nitro benzene ring substituents is 1. The van der Waals surface area contributed by atoms with Gasteiger partial charge in [-0.15, -0.1) is 0 Å². The lowest BCUT2D eigenvalue weighted by atomic mass is 10.2. The molecule has 0 atom stereocenters. The fraction of sp³-hybridized carbons (Fsp3) is 0.214. The van der Waals surface area contributed by atoms with Crippen molar-refractivity contribution in [3.8, 4) is 6.07 Å². The third-order valence-electron chi connectivity index (χ3n) is 2.56. The van der Waals surface area contributed by atoms with Crippen molar-refractivity contribution in [2.75, 3.05) is 17.3 Å². The van der Waals surface area contributed by atoms with Crippen molar-refractivity contribution in [3.05, 3.63) is 28.3 Å². The minimum absolute atomic E-state index is 0.0238. The van der Waals surface area contributed by atoms with Crippen LogP contribution in [0.5, 0.6) is 0 Å². The number of rotatable bonds is 6. The minimum Gasteiger partial charge on any atom is -0.450 e. The van der Waals surface area contributed by atoms with Gasteiger partial charge in [-0.1, -0.05) is 0 Å². The van der Waals surface area contributed by atoms with Crippen LogP contribution in [0.1, 0.15) is 13.8 Å². The molecule has 1 rings (SSSR count). The van der Waals surface area contributed by atoms with E-state index >= 15 is 0 Å². The first-order valence-corrected chi connectivity index (χ1v) is 7.05. The van der Waals surface area contributed by atoms with Crippen LogP contribution in [0.25, 0.3) is 0 Å². The third kappa shape index (κ3) is 6.24. The van der Waals surface area contributed by atoms with Gasteiger partial charge in [-0.05, 0) is 13.0 Å². The van der Waals surface area contributed by atoms with Gasteiger partial charge in [0.1, 0.15) is 6.07 Å². The van der Waals surface area contributed by atoms with E-state index in [1.807, 2.05) is 0 Å². The molecular weight excluding hydrogens is 348 g/mol. The number of nitriles is 1. The van der Waals surface area contributed by atoms with E-state index in [1.54, 1.807) is 5.32 Å². The summed E-state index contributed by atoms with van der Waals surface area (Å²) in [5, 5.41) is 27.5. The van der Waals surface area contributed by atoms with E-state index in [2.05, 4.69) is 20.6 Å². The van der Waals surface area contributed by atoms with Crippen molar-refractivity contribution in [3.63, 3.8) is 0 Å². The molecule has 0 unspecified atom stereocenters. The molecule has 0 saturated heterocycles. The molecule has 1 aromatic carbocycles. The van der Waals surface area contributed by atoms with Crippen molar-refractivity contribution in [2.45, 2.75) is 13.8 Å². The van der Waals surface area contributed by atoms with Gasteiger partial charge in [0.15, 0.2) is 0 Å². The highest BCUT2D eigenvalue weighted by atomic mass is 16.6. The zero-order valence-corrected chi connectivity index (χ0v) is 13.7. The molecule has 0 aromatic heterocycles. The second-order valence-corrected chi connectivity index (χ2v) is 4.57. The highest BCUT2D eigenvalue weighted by molar-refractivity contribution is 6.46. The number of hydrazone groups is 1. The van der Waals surface area contributed by atoms with Crippen LogP contribution in [0.15, 0.2) is 23.3 Å². The van der Waals surface area contributed by atoms with Gasteiger partial charge in [0, 0.05) is 24.7 Å². The number of ether oxygens (including phenoxy) is 1. The molecule has 26 heavy (non-hydrogen) atoms. The number of amides is 3. The van der Waals surface area contributed by atoms with Crippen LogP contribution in [0.3, 0.4) is 0 Å².